The summed E-state index contributed by atoms with van der Waals surface area (Å²) in [7, 11) is 1.66. The molecule has 3 aromatic rings. The minimum absolute atomic E-state index is 0.0683. The number of carbonyl (C=O) groups is 1. The number of fused-ring (bicyclic) bond motifs is 1. The lowest BCUT2D eigenvalue weighted by Gasteiger charge is -2.13. The number of nitrogens with one attached hydrogen (secondary N) is 2. The van der Waals surface area contributed by atoms with E-state index in [1.54, 1.807) is 13.1 Å². The quantitative estimate of drug-likeness (QED) is 0.316. The Labute approximate surface area is 190 Å². The first-order valence-corrected chi connectivity index (χ1v) is 10.6. The fourth-order valence-corrected chi connectivity index (χ4v) is 3.39. The maximum absolute atomic E-state index is 12.2. The molecule has 3 rings (SSSR count). The van der Waals surface area contributed by atoms with E-state index >= 15 is 0 Å². The summed E-state index contributed by atoms with van der Waals surface area (Å²) in [4.78, 5) is 24.1. The van der Waals surface area contributed by atoms with Crippen molar-refractivity contribution in [2.45, 2.75) is 18.9 Å². The van der Waals surface area contributed by atoms with Gasteiger partial charge in [-0.15, -0.1) is 0 Å². The van der Waals surface area contributed by atoms with Crippen LogP contribution in [-0.2, 0) is 18.3 Å². The number of aryl methyl sites for hydroxylation is 1. The predicted octanol–water partition coefficient (Wildman–Crippen LogP) is 1.69. The van der Waals surface area contributed by atoms with Gasteiger partial charge in [0.2, 0.25) is 0 Å². The van der Waals surface area contributed by atoms with Crippen molar-refractivity contribution in [3.63, 3.8) is 0 Å². The van der Waals surface area contributed by atoms with Crippen LogP contribution in [0.3, 0.4) is 0 Å². The molecule has 166 valence electrons. The fourth-order valence-electron chi connectivity index (χ4n) is 3.23. The lowest BCUT2D eigenvalue weighted by molar-refractivity contribution is -0.115. The summed E-state index contributed by atoms with van der Waals surface area (Å²) in [6, 6.07) is 14.6. The van der Waals surface area contributed by atoms with Crippen LogP contribution in [0.1, 0.15) is 12.0 Å². The number of carbonyl (C=O) groups excluding carboxylic acids is 1. The molecule has 9 heteroatoms. The molecule has 0 saturated carbocycles. The second-order valence-electron chi connectivity index (χ2n) is 7.34. The number of thiocarbonyl (C=S) groups is 1. The number of nitrogens with zero attached hydrogens (tertiary/aromatic N) is 2. The number of amides is 1. The molecule has 3 N–H and O–H groups in total. The minimum atomic E-state index is -0.708. The summed E-state index contributed by atoms with van der Waals surface area (Å²) in [6.45, 7) is 0.848. The molecule has 0 bridgehead atoms. The summed E-state index contributed by atoms with van der Waals surface area (Å²) in [5, 5.41) is 23.8. The zero-order valence-corrected chi connectivity index (χ0v) is 18.4. The topological polar surface area (TPSA) is 120 Å². The molecule has 0 spiro atoms. The fraction of sp³-hybridized carbons (Fsp3) is 0.304. The van der Waals surface area contributed by atoms with Crippen molar-refractivity contribution in [3.05, 3.63) is 58.6 Å². The first-order valence-electron chi connectivity index (χ1n) is 10.2. The molecule has 0 radical (unpaired) electrons. The largest absolute Gasteiger partial charge is 0.419 e. The monoisotopic (exact) mass is 452 g/mol. The second-order valence-corrected chi connectivity index (χ2v) is 7.84. The summed E-state index contributed by atoms with van der Waals surface area (Å²) in [6.07, 6.45) is 0.924. The van der Waals surface area contributed by atoms with Gasteiger partial charge in [0.05, 0.1) is 16.5 Å². The van der Waals surface area contributed by atoms with Gasteiger partial charge < -0.3 is 20.2 Å². The number of hydrogen-bond acceptors (Lipinski definition) is 7. The second kappa shape index (κ2) is 10.8. The van der Waals surface area contributed by atoms with E-state index in [1.165, 1.54) is 4.57 Å². The number of oxazole rings is 1. The van der Waals surface area contributed by atoms with Crippen molar-refractivity contribution in [2.75, 3.05) is 19.7 Å². The van der Waals surface area contributed by atoms with Gasteiger partial charge in [-0.25, -0.2) is 4.79 Å². The predicted molar refractivity (Wildman–Crippen MR) is 125 cm³/mol. The Balaban J connectivity index is 1.62. The molecule has 2 aromatic carbocycles. The first kappa shape index (κ1) is 23.3. The highest BCUT2D eigenvalue weighted by Crippen LogP contribution is 2.24. The molecule has 0 unspecified atom stereocenters. The number of nitriles is 1. The van der Waals surface area contributed by atoms with Crippen LogP contribution in [-0.4, -0.2) is 46.2 Å². The van der Waals surface area contributed by atoms with Crippen molar-refractivity contribution in [1.82, 2.24) is 15.2 Å². The van der Waals surface area contributed by atoms with Crippen LogP contribution in [0.4, 0.5) is 0 Å². The zero-order valence-electron chi connectivity index (χ0n) is 17.6. The Kier molecular flexibility index (Phi) is 7.89. The Morgan fingerprint density at radius 2 is 1.97 bits per heavy atom. The van der Waals surface area contributed by atoms with Gasteiger partial charge in [-0.2, -0.15) is 5.26 Å². The normalized spacial score (nSPS) is 11.8. The average molecular weight is 453 g/mol. The molecule has 0 aliphatic rings. The highest BCUT2D eigenvalue weighted by atomic mass is 32.1. The standard InChI is InChI=1S/C23H24N4O4S/c1-27-19-12-17(7-8-20(19)31-23(27)30)16-5-3-15(4-6-16)11-18(13-24)26-22(29)21(32)14-25-9-2-10-28/h3-8,12,18,25,28H,2,9-11,14H2,1H3,(H,26,29)/t18-/m1/s1. The third-order valence-electron chi connectivity index (χ3n) is 5.03. The molecule has 1 amide bonds. The van der Waals surface area contributed by atoms with Gasteiger partial charge in [-0.1, -0.05) is 42.5 Å². The highest BCUT2D eigenvalue weighted by molar-refractivity contribution is 7.82. The number of aliphatic hydroxyl groups excluding tert-OH is 1. The zero-order chi connectivity index (χ0) is 23.1. The van der Waals surface area contributed by atoms with Gasteiger partial charge in [0.15, 0.2) is 5.58 Å². The van der Waals surface area contributed by atoms with Crippen molar-refractivity contribution < 1.29 is 14.3 Å². The van der Waals surface area contributed by atoms with Crippen LogP contribution in [0.25, 0.3) is 22.2 Å². The van der Waals surface area contributed by atoms with Crippen molar-refractivity contribution >= 4 is 34.1 Å². The van der Waals surface area contributed by atoms with Gasteiger partial charge in [-0.3, -0.25) is 9.36 Å². The van der Waals surface area contributed by atoms with Crippen molar-refractivity contribution in [3.8, 4) is 17.2 Å². The van der Waals surface area contributed by atoms with Gasteiger partial charge >= 0.3 is 5.76 Å². The third kappa shape index (κ3) is 5.68. The van der Waals surface area contributed by atoms with Gasteiger partial charge in [0, 0.05) is 26.6 Å². The number of hydrogen-bond donors (Lipinski definition) is 3. The molecule has 8 nitrogen and oxygen atoms in total. The first-order chi connectivity index (χ1) is 15.4. The smallest absolute Gasteiger partial charge is 0.408 e. The molecule has 0 aliphatic heterocycles. The Bertz CT molecular complexity index is 1210. The Morgan fingerprint density at radius 1 is 1.25 bits per heavy atom. The maximum atomic E-state index is 12.2. The van der Waals surface area contributed by atoms with E-state index in [1.807, 2.05) is 36.4 Å². The van der Waals surface area contributed by atoms with E-state index in [0.29, 0.717) is 30.5 Å². The van der Waals surface area contributed by atoms with E-state index in [2.05, 4.69) is 16.7 Å². The number of aliphatic hydroxyl groups is 1. The third-order valence-corrected chi connectivity index (χ3v) is 5.36. The van der Waals surface area contributed by atoms with E-state index in [4.69, 9.17) is 21.7 Å². The van der Waals surface area contributed by atoms with Crippen LogP contribution < -0.4 is 16.4 Å². The number of benzene rings is 2. The molecule has 1 aromatic heterocycles. The van der Waals surface area contributed by atoms with Gasteiger partial charge in [-0.05, 0) is 41.8 Å². The summed E-state index contributed by atoms with van der Waals surface area (Å²) < 4.78 is 6.62. The van der Waals surface area contributed by atoms with Crippen molar-refractivity contribution in [1.29, 1.82) is 5.26 Å². The van der Waals surface area contributed by atoms with Gasteiger partial charge in [0.1, 0.15) is 6.04 Å². The van der Waals surface area contributed by atoms with Gasteiger partial charge in [0.25, 0.3) is 5.91 Å². The molecule has 0 saturated heterocycles. The molecular formula is C23H24N4O4S. The highest BCUT2D eigenvalue weighted by Gasteiger charge is 2.16. The molecule has 1 heterocycles. The molecule has 0 fully saturated rings. The van der Waals surface area contributed by atoms with E-state index in [9.17, 15) is 14.9 Å². The Morgan fingerprint density at radius 3 is 2.66 bits per heavy atom. The van der Waals surface area contributed by atoms with Crippen LogP contribution in [0.15, 0.2) is 51.7 Å². The average Bonchev–Trinajstić information content (AvgIpc) is 3.09. The Hall–Kier alpha value is -3.32. The number of aromatic nitrogens is 1. The minimum Gasteiger partial charge on any atom is -0.408 e. The summed E-state index contributed by atoms with van der Waals surface area (Å²) in [5.74, 6) is -0.851. The molecular weight excluding hydrogens is 428 g/mol. The lowest BCUT2D eigenvalue weighted by Crippen LogP contribution is -2.42. The lowest BCUT2D eigenvalue weighted by atomic mass is 10.0. The van der Waals surface area contributed by atoms with Crippen LogP contribution in [0.5, 0.6) is 0 Å². The summed E-state index contributed by atoms with van der Waals surface area (Å²) in [5.41, 5.74) is 4.03. The molecule has 0 aliphatic carbocycles. The molecule has 32 heavy (non-hydrogen) atoms. The van der Waals surface area contributed by atoms with E-state index < -0.39 is 17.7 Å². The van der Waals surface area contributed by atoms with E-state index in [-0.39, 0.29) is 18.0 Å². The maximum Gasteiger partial charge on any atom is 0.419 e. The van der Waals surface area contributed by atoms with Crippen molar-refractivity contribution in [2.24, 2.45) is 7.05 Å². The summed E-state index contributed by atoms with van der Waals surface area (Å²) >= 11 is 5.10. The van der Waals surface area contributed by atoms with Crippen LogP contribution >= 0.6 is 12.2 Å². The van der Waals surface area contributed by atoms with Crippen LogP contribution in [0.2, 0.25) is 0 Å². The molecule has 1 atom stereocenters. The SMILES string of the molecule is Cn1c(=O)oc2ccc(-c3ccc(C[C@H](C#N)NC(=O)C(=S)CNCCCO)cc3)cc21. The van der Waals surface area contributed by atoms with E-state index in [0.717, 1.165) is 16.7 Å². The number of rotatable bonds is 10. The van der Waals surface area contributed by atoms with Crippen LogP contribution in [0, 0.1) is 11.3 Å².